The van der Waals surface area contributed by atoms with Crippen LogP contribution in [0.2, 0.25) is 0 Å². The summed E-state index contributed by atoms with van der Waals surface area (Å²) in [6.45, 7) is 6.49. The second kappa shape index (κ2) is 17.4. The quantitative estimate of drug-likeness (QED) is 0.107. The van der Waals surface area contributed by atoms with E-state index in [1.54, 1.807) is 0 Å². The fourth-order valence-corrected chi connectivity index (χ4v) is 8.38. The number of fused-ring (bicyclic) bond motifs is 4. The molecule has 0 saturated heterocycles. The predicted octanol–water partition coefficient (Wildman–Crippen LogP) is 15.2. The molecule has 0 N–H and O–H groups in total. The molecule has 0 aliphatic heterocycles. The molecule has 11 aromatic rings. The Morgan fingerprint density at radius 2 is 0.894 bits per heavy atom. The molecule has 0 radical (unpaired) electrons. The monoisotopic (exact) mass is 847 g/mol. The van der Waals surface area contributed by atoms with E-state index in [1.807, 2.05) is 91.9 Å². The van der Waals surface area contributed by atoms with Gasteiger partial charge in [0, 0.05) is 44.3 Å². The fourth-order valence-electron chi connectivity index (χ4n) is 8.38. The highest BCUT2D eigenvalue weighted by Crippen LogP contribution is 2.33. The van der Waals surface area contributed by atoms with Crippen LogP contribution in [0.25, 0.3) is 94.8 Å². The Morgan fingerprint density at radius 1 is 0.379 bits per heavy atom. The molecule has 2 aromatic heterocycles. The van der Waals surface area contributed by atoms with Gasteiger partial charge in [0.1, 0.15) is 11.2 Å². The van der Waals surface area contributed by atoms with Crippen molar-refractivity contribution in [3.05, 3.63) is 242 Å². The molecular weight excluding hydrogens is 807 g/mol. The van der Waals surface area contributed by atoms with Gasteiger partial charge < -0.3 is 4.42 Å². The average molecular weight is 848 g/mol. The minimum atomic E-state index is 0.558. The van der Waals surface area contributed by atoms with E-state index in [2.05, 4.69) is 140 Å². The van der Waals surface area contributed by atoms with Crippen LogP contribution < -0.4 is 0 Å². The summed E-state index contributed by atoms with van der Waals surface area (Å²) < 4.78 is 6.24. The van der Waals surface area contributed by atoms with E-state index in [1.165, 1.54) is 5.39 Å². The van der Waals surface area contributed by atoms with Crippen molar-refractivity contribution >= 4 is 50.0 Å². The number of hydrogen-bond donors (Lipinski definition) is 0. The molecular formula is C60H41N5O. The first-order valence-electron chi connectivity index (χ1n) is 21.9. The van der Waals surface area contributed by atoms with Crippen LogP contribution in [0.3, 0.4) is 0 Å². The van der Waals surface area contributed by atoms with Crippen molar-refractivity contribution in [2.45, 2.75) is 6.92 Å². The van der Waals surface area contributed by atoms with E-state index in [9.17, 15) is 0 Å². The van der Waals surface area contributed by atoms with E-state index in [0.717, 1.165) is 88.7 Å². The van der Waals surface area contributed by atoms with Crippen molar-refractivity contribution in [1.82, 2.24) is 15.0 Å². The van der Waals surface area contributed by atoms with Crippen molar-refractivity contribution in [1.29, 1.82) is 0 Å². The fraction of sp³-hybridized carbons (Fsp3) is 0.0167. The zero-order valence-corrected chi connectivity index (χ0v) is 36.1. The minimum Gasteiger partial charge on any atom is -0.456 e. The first kappa shape index (κ1) is 39.9. The Bertz CT molecular complexity index is 3620. The van der Waals surface area contributed by atoms with E-state index < -0.39 is 0 Å². The number of furan rings is 1. The highest BCUT2D eigenvalue weighted by molar-refractivity contribution is 6.14. The number of amidine groups is 1. The lowest BCUT2D eigenvalue weighted by atomic mass is 9.97. The molecule has 6 heteroatoms. The van der Waals surface area contributed by atoms with Crippen molar-refractivity contribution in [3.63, 3.8) is 0 Å². The lowest BCUT2D eigenvalue weighted by Gasteiger charge is -2.11. The maximum absolute atomic E-state index is 6.24. The number of aromatic nitrogens is 3. The van der Waals surface area contributed by atoms with Crippen molar-refractivity contribution in [3.8, 4) is 56.4 Å². The second-order valence-corrected chi connectivity index (χ2v) is 16.2. The van der Waals surface area contributed by atoms with Crippen molar-refractivity contribution < 1.29 is 4.42 Å². The summed E-state index contributed by atoms with van der Waals surface area (Å²) in [6, 6.07) is 74.5. The van der Waals surface area contributed by atoms with Gasteiger partial charge in [-0.25, -0.2) is 24.9 Å². The van der Waals surface area contributed by atoms with E-state index in [0.29, 0.717) is 29.0 Å². The predicted molar refractivity (Wildman–Crippen MR) is 272 cm³/mol. The molecule has 0 atom stereocenters. The lowest BCUT2D eigenvalue weighted by Crippen LogP contribution is -2.04. The third-order valence-electron chi connectivity index (χ3n) is 11.9. The van der Waals surface area contributed by atoms with E-state index >= 15 is 0 Å². The maximum atomic E-state index is 6.24. The molecule has 0 bridgehead atoms. The lowest BCUT2D eigenvalue weighted by molar-refractivity contribution is 0.669. The third kappa shape index (κ3) is 8.11. The summed E-state index contributed by atoms with van der Waals surface area (Å²) in [7, 11) is 0. The van der Waals surface area contributed by atoms with Crippen LogP contribution in [-0.4, -0.2) is 26.5 Å². The number of para-hydroxylation sites is 1. The first-order chi connectivity index (χ1) is 32.5. The SMILES string of the molecule is C=C(N=C(N=C(C)c1ccc2ccccc2c1)c1cccc(-c2cccc(-c3cccc(-c4nc(-c5ccccc5)nc(-c5ccccc5)n4)c3)c2)c1)c1ccc2c(c1)oc1ccccc12. The highest BCUT2D eigenvalue weighted by atomic mass is 16.3. The zero-order chi connectivity index (χ0) is 44.4. The normalized spacial score (nSPS) is 12.0. The van der Waals surface area contributed by atoms with Crippen LogP contribution in [0.1, 0.15) is 23.6 Å². The van der Waals surface area contributed by atoms with Crippen LogP contribution in [0.15, 0.2) is 239 Å². The van der Waals surface area contributed by atoms with E-state index in [4.69, 9.17) is 29.4 Å². The summed E-state index contributed by atoms with van der Waals surface area (Å²) in [5.74, 6) is 2.42. The summed E-state index contributed by atoms with van der Waals surface area (Å²) >= 11 is 0. The molecule has 0 spiro atoms. The van der Waals surface area contributed by atoms with Gasteiger partial charge in [0.15, 0.2) is 23.3 Å². The van der Waals surface area contributed by atoms with Crippen LogP contribution in [0.5, 0.6) is 0 Å². The van der Waals surface area contributed by atoms with E-state index in [-0.39, 0.29) is 0 Å². The summed E-state index contributed by atoms with van der Waals surface area (Å²) in [6.07, 6.45) is 0. The molecule has 9 aromatic carbocycles. The van der Waals surface area contributed by atoms with Gasteiger partial charge in [-0.05, 0) is 88.0 Å². The Hall–Kier alpha value is -8.87. The zero-order valence-electron chi connectivity index (χ0n) is 36.1. The Morgan fingerprint density at radius 3 is 1.59 bits per heavy atom. The Labute approximate surface area is 382 Å². The summed E-state index contributed by atoms with van der Waals surface area (Å²) in [4.78, 5) is 25.3. The topological polar surface area (TPSA) is 76.5 Å². The van der Waals surface area contributed by atoms with Gasteiger partial charge in [0.25, 0.3) is 0 Å². The smallest absolute Gasteiger partial charge is 0.164 e. The molecule has 0 unspecified atom stereocenters. The molecule has 6 nitrogen and oxygen atoms in total. The molecule has 0 amide bonds. The molecule has 0 aliphatic rings. The highest BCUT2D eigenvalue weighted by Gasteiger charge is 2.15. The molecule has 66 heavy (non-hydrogen) atoms. The molecule has 312 valence electrons. The van der Waals surface area contributed by atoms with Gasteiger partial charge in [-0.1, -0.05) is 183 Å². The first-order valence-corrected chi connectivity index (χ1v) is 21.9. The molecule has 0 aliphatic carbocycles. The Kier molecular flexibility index (Phi) is 10.5. The van der Waals surface area contributed by atoms with Crippen LogP contribution >= 0.6 is 0 Å². The molecule has 2 heterocycles. The van der Waals surface area contributed by atoms with Gasteiger partial charge in [0.05, 0.1) is 5.70 Å². The number of nitrogens with zero attached hydrogens (tertiary/aromatic N) is 5. The van der Waals surface area contributed by atoms with Gasteiger partial charge in [-0.2, -0.15) is 0 Å². The summed E-state index contributed by atoms with van der Waals surface area (Å²) in [5.41, 5.74) is 12.8. The standard InChI is InChI=1S/C60H41N5O/c1-39(44-31-30-41-16-9-10-21-46(41)34-44)61-59(62-40(2)45-32-33-54-53-28-11-12-29-55(53)66-56(54)38-45)51-26-14-24-49(36-51)47-22-13-23-48(35-47)50-25-15-27-52(37-50)60-64-57(42-17-5-3-6-18-42)63-58(65-60)43-19-7-4-8-20-43/h3-38H,2H2,1H3. The second-order valence-electron chi connectivity index (χ2n) is 16.2. The largest absolute Gasteiger partial charge is 0.456 e. The van der Waals surface area contributed by atoms with Gasteiger partial charge in [-0.15, -0.1) is 0 Å². The number of rotatable bonds is 9. The summed E-state index contributed by atoms with van der Waals surface area (Å²) in [5, 5.41) is 4.47. The number of hydrogen-bond acceptors (Lipinski definition) is 5. The van der Waals surface area contributed by atoms with Crippen molar-refractivity contribution in [2.24, 2.45) is 9.98 Å². The third-order valence-corrected chi connectivity index (χ3v) is 11.9. The van der Waals surface area contributed by atoms with Crippen molar-refractivity contribution in [2.75, 3.05) is 0 Å². The molecule has 11 rings (SSSR count). The van der Waals surface area contributed by atoms with Crippen LogP contribution in [0.4, 0.5) is 0 Å². The van der Waals surface area contributed by atoms with Crippen LogP contribution in [-0.2, 0) is 0 Å². The number of benzene rings is 9. The minimum absolute atomic E-state index is 0.558. The van der Waals surface area contributed by atoms with Gasteiger partial charge >= 0.3 is 0 Å². The average Bonchev–Trinajstić information content (AvgIpc) is 3.77. The number of aliphatic imine (C=N–C) groups is 2. The van der Waals surface area contributed by atoms with Gasteiger partial charge in [-0.3, -0.25) is 0 Å². The molecule has 0 saturated carbocycles. The Balaban J connectivity index is 0.957. The van der Waals surface area contributed by atoms with Crippen LogP contribution in [0, 0.1) is 0 Å². The van der Waals surface area contributed by atoms with Gasteiger partial charge in [0.2, 0.25) is 0 Å². The maximum Gasteiger partial charge on any atom is 0.164 e. The molecule has 0 fully saturated rings.